The summed E-state index contributed by atoms with van der Waals surface area (Å²) < 4.78 is 5.59. The average molecular weight is 482 g/mol. The topological polar surface area (TPSA) is 108 Å². The van der Waals surface area contributed by atoms with Gasteiger partial charge in [0.25, 0.3) is 0 Å². The lowest BCUT2D eigenvalue weighted by atomic mass is 9.98. The van der Waals surface area contributed by atoms with Crippen LogP contribution in [0.15, 0.2) is 48.5 Å². The third-order valence-corrected chi connectivity index (χ3v) is 6.15. The highest BCUT2D eigenvalue weighted by Crippen LogP contribution is 2.44. The molecule has 0 saturated heterocycles. The van der Waals surface area contributed by atoms with Gasteiger partial charge >= 0.3 is 12.1 Å². The molecule has 0 saturated carbocycles. The summed E-state index contributed by atoms with van der Waals surface area (Å²) >= 11 is 0. The Labute approximate surface area is 206 Å². The molecule has 0 heterocycles. The van der Waals surface area contributed by atoms with Crippen molar-refractivity contribution in [3.8, 4) is 11.1 Å². The van der Waals surface area contributed by atoms with Crippen LogP contribution < -0.4 is 10.6 Å². The molecule has 2 amide bonds. The van der Waals surface area contributed by atoms with E-state index in [0.717, 1.165) is 22.3 Å². The van der Waals surface area contributed by atoms with Crippen LogP contribution in [-0.2, 0) is 14.3 Å². The largest absolute Gasteiger partial charge is 0.480 e. The van der Waals surface area contributed by atoms with E-state index in [1.54, 1.807) is 19.0 Å². The summed E-state index contributed by atoms with van der Waals surface area (Å²) in [6.07, 6.45) is 0.366. The van der Waals surface area contributed by atoms with E-state index in [1.165, 1.54) is 0 Å². The lowest BCUT2D eigenvalue weighted by molar-refractivity contribution is -0.142. The maximum Gasteiger partial charge on any atom is 0.407 e. The molecular weight excluding hydrogens is 446 g/mol. The Morgan fingerprint density at radius 1 is 0.914 bits per heavy atom. The number of aliphatic carboxylic acids is 1. The fourth-order valence-corrected chi connectivity index (χ4v) is 4.37. The van der Waals surface area contributed by atoms with E-state index in [-0.39, 0.29) is 19.1 Å². The number of fused-ring (bicyclic) bond motifs is 3. The molecule has 0 bridgehead atoms. The normalized spacial score (nSPS) is 14.2. The molecule has 0 fully saturated rings. The number of carboxylic acid groups (broad SMARTS) is 1. The standard InChI is InChI=1S/C27H35N3O5/c1-17(2)13-14-23(25(31)28-24(26(32)33)15-30(3)4)29-27(34)35-16-22-20-11-7-5-9-18(20)19-10-6-8-12-21(19)22/h5-12,17,22-24H,13-16H2,1-4H3,(H,28,31)(H,29,34)(H,32,33). The van der Waals surface area contributed by atoms with Crippen molar-refractivity contribution in [2.24, 2.45) is 5.92 Å². The van der Waals surface area contributed by atoms with Crippen LogP contribution in [-0.4, -0.2) is 67.3 Å². The van der Waals surface area contributed by atoms with E-state index in [4.69, 9.17) is 4.74 Å². The van der Waals surface area contributed by atoms with Gasteiger partial charge < -0.3 is 25.4 Å². The number of amides is 2. The van der Waals surface area contributed by atoms with Gasteiger partial charge in [-0.15, -0.1) is 0 Å². The van der Waals surface area contributed by atoms with Gasteiger partial charge in [0.15, 0.2) is 0 Å². The Hall–Kier alpha value is -3.39. The first-order chi connectivity index (χ1) is 16.7. The zero-order valence-corrected chi connectivity index (χ0v) is 20.8. The summed E-state index contributed by atoms with van der Waals surface area (Å²) in [5, 5.41) is 14.7. The molecule has 1 aliphatic carbocycles. The third kappa shape index (κ3) is 6.82. The third-order valence-electron chi connectivity index (χ3n) is 6.15. The van der Waals surface area contributed by atoms with Crippen LogP contribution in [0.2, 0.25) is 0 Å². The molecule has 0 spiro atoms. The molecule has 8 heteroatoms. The number of hydrogen-bond donors (Lipinski definition) is 3. The Morgan fingerprint density at radius 2 is 1.49 bits per heavy atom. The summed E-state index contributed by atoms with van der Waals surface area (Å²) in [5.41, 5.74) is 4.46. The summed E-state index contributed by atoms with van der Waals surface area (Å²) in [5.74, 6) is -1.44. The molecule has 2 unspecified atom stereocenters. The van der Waals surface area contributed by atoms with Crippen molar-refractivity contribution in [3.05, 3.63) is 59.7 Å². The van der Waals surface area contributed by atoms with Crippen molar-refractivity contribution in [2.75, 3.05) is 27.2 Å². The SMILES string of the molecule is CC(C)CCC(NC(=O)OCC1c2ccccc2-c2ccccc21)C(=O)NC(CN(C)C)C(=O)O. The van der Waals surface area contributed by atoms with Crippen LogP contribution in [0.1, 0.15) is 43.7 Å². The van der Waals surface area contributed by atoms with Gasteiger partial charge in [0.2, 0.25) is 5.91 Å². The molecule has 8 nitrogen and oxygen atoms in total. The Balaban J connectivity index is 1.67. The van der Waals surface area contributed by atoms with E-state index in [9.17, 15) is 19.5 Å². The molecule has 35 heavy (non-hydrogen) atoms. The van der Waals surface area contributed by atoms with E-state index in [0.29, 0.717) is 18.8 Å². The fraction of sp³-hybridized carbons (Fsp3) is 0.444. The molecule has 188 valence electrons. The number of carbonyl (C=O) groups is 3. The zero-order valence-electron chi connectivity index (χ0n) is 20.8. The Morgan fingerprint density at radius 3 is 2.00 bits per heavy atom. The number of nitrogens with one attached hydrogen (secondary N) is 2. The lowest BCUT2D eigenvalue weighted by Gasteiger charge is -2.24. The minimum absolute atomic E-state index is 0.0902. The second-order valence-corrected chi connectivity index (χ2v) is 9.66. The number of alkyl carbamates (subject to hydrolysis) is 1. The van der Waals surface area contributed by atoms with E-state index in [2.05, 4.69) is 22.8 Å². The van der Waals surface area contributed by atoms with E-state index >= 15 is 0 Å². The number of carbonyl (C=O) groups excluding carboxylic acids is 2. The average Bonchev–Trinajstić information content (AvgIpc) is 3.13. The molecule has 0 aromatic heterocycles. The molecule has 2 atom stereocenters. The van der Waals surface area contributed by atoms with Crippen LogP contribution in [0.4, 0.5) is 4.79 Å². The maximum atomic E-state index is 12.9. The number of benzene rings is 2. The van der Waals surface area contributed by atoms with Gasteiger partial charge in [0, 0.05) is 12.5 Å². The van der Waals surface area contributed by atoms with Crippen LogP contribution in [0.25, 0.3) is 11.1 Å². The first-order valence-electron chi connectivity index (χ1n) is 12.0. The van der Waals surface area contributed by atoms with Crippen molar-refractivity contribution in [3.63, 3.8) is 0 Å². The van der Waals surface area contributed by atoms with Crippen LogP contribution in [0, 0.1) is 5.92 Å². The zero-order chi connectivity index (χ0) is 25.5. The quantitative estimate of drug-likeness (QED) is 0.454. The highest BCUT2D eigenvalue weighted by Gasteiger charge is 2.31. The van der Waals surface area contributed by atoms with E-state index in [1.807, 2.05) is 50.2 Å². The highest BCUT2D eigenvalue weighted by molar-refractivity contribution is 5.89. The smallest absolute Gasteiger partial charge is 0.407 e. The van der Waals surface area contributed by atoms with Crippen molar-refractivity contribution >= 4 is 18.0 Å². The maximum absolute atomic E-state index is 12.9. The van der Waals surface area contributed by atoms with Gasteiger partial charge in [-0.1, -0.05) is 62.4 Å². The number of ether oxygens (including phenoxy) is 1. The highest BCUT2D eigenvalue weighted by atomic mass is 16.5. The van der Waals surface area contributed by atoms with E-state index < -0.39 is 30.1 Å². The van der Waals surface area contributed by atoms with Gasteiger partial charge in [-0.05, 0) is 55.1 Å². The van der Waals surface area contributed by atoms with Crippen LogP contribution >= 0.6 is 0 Å². The molecule has 0 radical (unpaired) electrons. The summed E-state index contributed by atoms with van der Waals surface area (Å²) in [6.45, 7) is 4.32. The first-order valence-corrected chi connectivity index (χ1v) is 12.0. The predicted octanol–water partition coefficient (Wildman–Crippen LogP) is 3.46. The van der Waals surface area contributed by atoms with Gasteiger partial charge in [-0.2, -0.15) is 0 Å². The van der Waals surface area contributed by atoms with Gasteiger partial charge in [0.1, 0.15) is 18.7 Å². The monoisotopic (exact) mass is 481 g/mol. The predicted molar refractivity (Wildman–Crippen MR) is 134 cm³/mol. The number of hydrogen-bond acceptors (Lipinski definition) is 5. The molecular formula is C27H35N3O5. The molecule has 1 aliphatic rings. The second kappa shape index (κ2) is 11.8. The number of carboxylic acids is 1. The first kappa shape index (κ1) is 26.2. The van der Waals surface area contributed by atoms with Gasteiger partial charge in [0.05, 0.1) is 0 Å². The second-order valence-electron chi connectivity index (χ2n) is 9.66. The Bertz CT molecular complexity index is 1010. The summed E-state index contributed by atoms with van der Waals surface area (Å²) in [6, 6.07) is 14.1. The number of likely N-dealkylation sites (N-methyl/N-ethyl adjacent to an activating group) is 1. The number of nitrogens with zero attached hydrogens (tertiary/aromatic N) is 1. The van der Waals surface area contributed by atoms with Crippen molar-refractivity contribution < 1.29 is 24.2 Å². The molecule has 0 aliphatic heterocycles. The fourth-order valence-electron chi connectivity index (χ4n) is 4.37. The molecule has 2 aromatic carbocycles. The minimum atomic E-state index is -1.13. The molecule has 3 N–H and O–H groups in total. The van der Waals surface area contributed by atoms with Crippen molar-refractivity contribution in [1.82, 2.24) is 15.5 Å². The molecule has 3 rings (SSSR count). The van der Waals surface area contributed by atoms with Crippen molar-refractivity contribution in [2.45, 2.75) is 44.7 Å². The van der Waals surface area contributed by atoms with Gasteiger partial charge in [-0.25, -0.2) is 9.59 Å². The van der Waals surface area contributed by atoms with Crippen molar-refractivity contribution in [1.29, 1.82) is 0 Å². The summed E-state index contributed by atoms with van der Waals surface area (Å²) in [7, 11) is 3.46. The minimum Gasteiger partial charge on any atom is -0.480 e. The van der Waals surface area contributed by atoms with Crippen LogP contribution in [0.3, 0.4) is 0 Å². The lowest BCUT2D eigenvalue weighted by Crippen LogP contribution is -2.54. The summed E-state index contributed by atoms with van der Waals surface area (Å²) in [4.78, 5) is 38.9. The number of rotatable bonds is 11. The molecule has 2 aromatic rings. The van der Waals surface area contributed by atoms with Crippen LogP contribution in [0.5, 0.6) is 0 Å². The van der Waals surface area contributed by atoms with Gasteiger partial charge in [-0.3, -0.25) is 4.79 Å². The Kier molecular flexibility index (Phi) is 8.87.